The van der Waals surface area contributed by atoms with E-state index in [-0.39, 0.29) is 17.6 Å². The van der Waals surface area contributed by atoms with E-state index in [4.69, 9.17) is 9.72 Å². The Bertz CT molecular complexity index is 1310. The molecule has 2 aromatic carbocycles. The fourth-order valence-corrected chi connectivity index (χ4v) is 4.62. The number of nitrogens with one attached hydrogen (secondary N) is 1. The molecule has 36 heavy (non-hydrogen) atoms. The number of hydrogen-bond donors (Lipinski definition) is 1. The van der Waals surface area contributed by atoms with Crippen LogP contribution in [0.4, 0.5) is 10.2 Å². The van der Waals surface area contributed by atoms with Crippen LogP contribution in [-0.4, -0.2) is 40.4 Å². The summed E-state index contributed by atoms with van der Waals surface area (Å²) >= 11 is 1.53. The highest BCUT2D eigenvalue weighted by molar-refractivity contribution is 7.98. The lowest BCUT2D eigenvalue weighted by Gasteiger charge is -2.14. The summed E-state index contributed by atoms with van der Waals surface area (Å²) in [5, 5.41) is 3.78. The molecule has 0 saturated carbocycles. The Hall–Kier alpha value is -3.49. The number of ether oxygens (including phenoxy) is 1. The average molecular weight is 505 g/mol. The highest BCUT2D eigenvalue weighted by Gasteiger charge is 2.21. The number of benzene rings is 2. The number of methoxy groups -OCH3 is 1. The van der Waals surface area contributed by atoms with Gasteiger partial charge in [0.1, 0.15) is 11.6 Å². The van der Waals surface area contributed by atoms with Gasteiger partial charge in [-0.2, -0.15) is 0 Å². The van der Waals surface area contributed by atoms with E-state index in [0.717, 1.165) is 33.2 Å². The number of halogens is 1. The highest BCUT2D eigenvalue weighted by Crippen LogP contribution is 2.36. The lowest BCUT2D eigenvalue weighted by molar-refractivity contribution is -0.119. The SMILES string of the molecule is COCCn1c(SC)nc(-c2ccc(F)cc2)c1-c1ccnc(NC(=O)[C@@H](C)Cc2ccccc2)c1. The number of aromatic nitrogens is 3. The van der Waals surface area contributed by atoms with Crippen molar-refractivity contribution in [3.05, 3.63) is 84.3 Å². The van der Waals surface area contributed by atoms with Gasteiger partial charge in [0.05, 0.1) is 18.0 Å². The summed E-state index contributed by atoms with van der Waals surface area (Å²) in [5.74, 6) is -0.154. The van der Waals surface area contributed by atoms with Crippen molar-refractivity contribution in [3.63, 3.8) is 0 Å². The van der Waals surface area contributed by atoms with Crippen molar-refractivity contribution in [2.24, 2.45) is 5.92 Å². The van der Waals surface area contributed by atoms with Crippen LogP contribution in [0.2, 0.25) is 0 Å². The van der Waals surface area contributed by atoms with Gasteiger partial charge in [0.15, 0.2) is 5.16 Å². The lowest BCUT2D eigenvalue weighted by atomic mass is 10.0. The van der Waals surface area contributed by atoms with Gasteiger partial charge in [0.25, 0.3) is 0 Å². The van der Waals surface area contributed by atoms with E-state index >= 15 is 0 Å². The molecule has 0 aliphatic rings. The van der Waals surface area contributed by atoms with Crippen LogP contribution in [-0.2, 0) is 22.5 Å². The van der Waals surface area contributed by atoms with Gasteiger partial charge in [-0.3, -0.25) is 4.79 Å². The Morgan fingerprint density at radius 1 is 1.11 bits per heavy atom. The molecule has 8 heteroatoms. The van der Waals surface area contributed by atoms with Gasteiger partial charge in [-0.05, 0) is 54.6 Å². The molecule has 0 saturated heterocycles. The number of anilines is 1. The van der Waals surface area contributed by atoms with Crippen LogP contribution >= 0.6 is 11.8 Å². The Kier molecular flexibility index (Phi) is 8.51. The summed E-state index contributed by atoms with van der Waals surface area (Å²) in [6.07, 6.45) is 4.28. The van der Waals surface area contributed by atoms with Crippen LogP contribution in [0.3, 0.4) is 0 Å². The summed E-state index contributed by atoms with van der Waals surface area (Å²) in [4.78, 5) is 22.2. The molecule has 0 aliphatic heterocycles. The zero-order chi connectivity index (χ0) is 25.5. The molecule has 186 valence electrons. The Labute approximate surface area is 214 Å². The Balaban J connectivity index is 1.67. The number of thioether (sulfide) groups is 1. The summed E-state index contributed by atoms with van der Waals surface area (Å²) < 4.78 is 21.1. The molecule has 6 nitrogen and oxygen atoms in total. The first kappa shape index (κ1) is 25.6. The number of amides is 1. The van der Waals surface area contributed by atoms with E-state index < -0.39 is 0 Å². The molecule has 0 radical (unpaired) electrons. The molecule has 2 aromatic heterocycles. The van der Waals surface area contributed by atoms with Crippen molar-refractivity contribution in [3.8, 4) is 22.5 Å². The quantitative estimate of drug-likeness (QED) is 0.271. The first-order valence-corrected chi connectivity index (χ1v) is 12.9. The molecule has 0 unspecified atom stereocenters. The molecule has 1 amide bonds. The second kappa shape index (κ2) is 12.0. The van der Waals surface area contributed by atoms with E-state index in [1.807, 2.05) is 55.6 Å². The number of imidazole rings is 1. The summed E-state index contributed by atoms with van der Waals surface area (Å²) in [5.41, 5.74) is 4.35. The van der Waals surface area contributed by atoms with Crippen LogP contribution in [0, 0.1) is 11.7 Å². The van der Waals surface area contributed by atoms with Crippen LogP contribution in [0.25, 0.3) is 22.5 Å². The largest absolute Gasteiger partial charge is 0.383 e. The fraction of sp³-hybridized carbons (Fsp3) is 0.250. The molecule has 4 aromatic rings. The van der Waals surface area contributed by atoms with Crippen molar-refractivity contribution < 1.29 is 13.9 Å². The van der Waals surface area contributed by atoms with Gasteiger partial charge in [0.2, 0.25) is 5.91 Å². The van der Waals surface area contributed by atoms with Crippen molar-refractivity contribution in [2.45, 2.75) is 25.0 Å². The number of hydrogen-bond acceptors (Lipinski definition) is 5. The van der Waals surface area contributed by atoms with Gasteiger partial charge in [-0.15, -0.1) is 0 Å². The van der Waals surface area contributed by atoms with Crippen LogP contribution in [0.5, 0.6) is 0 Å². The number of carbonyl (C=O) groups excluding carboxylic acids is 1. The van der Waals surface area contributed by atoms with Crippen molar-refractivity contribution >= 4 is 23.5 Å². The lowest BCUT2D eigenvalue weighted by Crippen LogP contribution is -2.22. The third-order valence-corrected chi connectivity index (χ3v) is 6.55. The zero-order valence-electron chi connectivity index (χ0n) is 20.6. The molecule has 1 N–H and O–H groups in total. The van der Waals surface area contributed by atoms with Gasteiger partial charge in [0, 0.05) is 36.9 Å². The summed E-state index contributed by atoms with van der Waals surface area (Å²) in [6, 6.07) is 20.0. The maximum Gasteiger partial charge on any atom is 0.228 e. The standard InChI is InChI=1S/C28H29FN4O2S/c1-19(17-20-7-5-4-6-8-20)27(34)31-24-18-22(13-14-30-24)26-25(21-9-11-23(29)12-10-21)32-28(36-3)33(26)15-16-35-2/h4-14,18-19H,15-17H2,1-3H3,(H,30,31,34)/t19-/m0/s1. The number of rotatable bonds is 10. The first-order valence-electron chi connectivity index (χ1n) is 11.7. The topological polar surface area (TPSA) is 69.0 Å². The van der Waals surface area contributed by atoms with E-state index in [2.05, 4.69) is 14.9 Å². The maximum atomic E-state index is 13.6. The van der Waals surface area contributed by atoms with Gasteiger partial charge >= 0.3 is 0 Å². The minimum Gasteiger partial charge on any atom is -0.383 e. The van der Waals surface area contributed by atoms with E-state index in [0.29, 0.717) is 25.4 Å². The third-order valence-electron chi connectivity index (χ3n) is 5.87. The number of pyridine rings is 1. The second-order valence-corrected chi connectivity index (χ2v) is 9.23. The first-order chi connectivity index (χ1) is 17.5. The fourth-order valence-electron chi connectivity index (χ4n) is 4.04. The molecule has 0 aliphatic carbocycles. The monoisotopic (exact) mass is 504 g/mol. The minimum absolute atomic E-state index is 0.0973. The van der Waals surface area contributed by atoms with Crippen LogP contribution in [0.1, 0.15) is 12.5 Å². The van der Waals surface area contributed by atoms with Crippen molar-refractivity contribution in [1.82, 2.24) is 14.5 Å². The molecular weight excluding hydrogens is 475 g/mol. The van der Waals surface area contributed by atoms with Gasteiger partial charge < -0.3 is 14.6 Å². The summed E-state index contributed by atoms with van der Waals surface area (Å²) in [7, 11) is 1.66. The Morgan fingerprint density at radius 2 is 1.86 bits per heavy atom. The number of carbonyl (C=O) groups is 1. The second-order valence-electron chi connectivity index (χ2n) is 8.46. The third kappa shape index (κ3) is 6.01. The van der Waals surface area contributed by atoms with Gasteiger partial charge in [-0.25, -0.2) is 14.4 Å². The minimum atomic E-state index is -0.303. The molecular formula is C28H29FN4O2S. The molecule has 0 bridgehead atoms. The molecule has 0 spiro atoms. The number of nitrogens with zero attached hydrogens (tertiary/aromatic N) is 3. The molecule has 1 atom stereocenters. The van der Waals surface area contributed by atoms with Crippen LogP contribution < -0.4 is 5.32 Å². The predicted octanol–water partition coefficient (Wildman–Crippen LogP) is 5.94. The summed E-state index contributed by atoms with van der Waals surface area (Å²) in [6.45, 7) is 3.00. The highest BCUT2D eigenvalue weighted by atomic mass is 32.2. The Morgan fingerprint density at radius 3 is 2.56 bits per heavy atom. The molecule has 4 rings (SSSR count). The van der Waals surface area contributed by atoms with Crippen molar-refractivity contribution in [1.29, 1.82) is 0 Å². The molecule has 2 heterocycles. The zero-order valence-corrected chi connectivity index (χ0v) is 21.4. The predicted molar refractivity (Wildman–Crippen MR) is 142 cm³/mol. The smallest absolute Gasteiger partial charge is 0.228 e. The van der Waals surface area contributed by atoms with E-state index in [1.165, 1.54) is 23.9 Å². The normalized spacial score (nSPS) is 11.9. The molecule has 0 fully saturated rings. The van der Waals surface area contributed by atoms with Crippen molar-refractivity contribution in [2.75, 3.05) is 25.3 Å². The maximum absolute atomic E-state index is 13.6. The van der Waals surface area contributed by atoms with E-state index in [1.54, 1.807) is 25.4 Å². The van der Waals surface area contributed by atoms with E-state index in [9.17, 15) is 9.18 Å². The average Bonchev–Trinajstić information content (AvgIpc) is 3.27. The van der Waals surface area contributed by atoms with Gasteiger partial charge in [-0.1, -0.05) is 49.0 Å². The van der Waals surface area contributed by atoms with Crippen LogP contribution in [0.15, 0.2) is 78.1 Å².